The monoisotopic (exact) mass is 280 g/mol. The summed E-state index contributed by atoms with van der Waals surface area (Å²) in [7, 11) is 1.34. The van der Waals surface area contributed by atoms with Gasteiger partial charge in [0.15, 0.2) is 0 Å². The standard InChI is InChI=1S/C14H20N2O4/c1-9-8-20-11(7-17)6-16(9)13-5-10(14(18)19-2)3-4-12(13)15/h3-5,9,11,17H,6-8,15H2,1-2H3. The highest BCUT2D eigenvalue weighted by Crippen LogP contribution is 2.29. The molecule has 2 unspecified atom stereocenters. The van der Waals surface area contributed by atoms with Crippen LogP contribution in [0.1, 0.15) is 17.3 Å². The average molecular weight is 280 g/mol. The predicted molar refractivity (Wildman–Crippen MR) is 75.8 cm³/mol. The lowest BCUT2D eigenvalue weighted by atomic mass is 10.1. The summed E-state index contributed by atoms with van der Waals surface area (Å²) in [6.45, 7) is 3.01. The molecule has 20 heavy (non-hydrogen) atoms. The van der Waals surface area contributed by atoms with Crippen LogP contribution in [-0.4, -0.2) is 50.1 Å². The SMILES string of the molecule is COC(=O)c1ccc(N)c(N2CC(CO)OCC2C)c1. The Morgan fingerprint density at radius 3 is 3.00 bits per heavy atom. The van der Waals surface area contributed by atoms with Gasteiger partial charge < -0.3 is 25.2 Å². The van der Waals surface area contributed by atoms with Gasteiger partial charge in [-0.1, -0.05) is 0 Å². The molecule has 1 aromatic carbocycles. The van der Waals surface area contributed by atoms with Crippen LogP contribution in [0.2, 0.25) is 0 Å². The molecule has 0 aromatic heterocycles. The van der Waals surface area contributed by atoms with Crippen LogP contribution in [0.25, 0.3) is 0 Å². The quantitative estimate of drug-likeness (QED) is 0.624. The molecule has 6 heteroatoms. The molecular formula is C14H20N2O4. The van der Waals surface area contributed by atoms with Gasteiger partial charge in [-0.2, -0.15) is 0 Å². The molecule has 2 rings (SSSR count). The van der Waals surface area contributed by atoms with Gasteiger partial charge in [-0.05, 0) is 25.1 Å². The average Bonchev–Trinajstić information content (AvgIpc) is 2.48. The third-order valence-corrected chi connectivity index (χ3v) is 3.47. The normalized spacial score (nSPS) is 22.6. The first-order valence-corrected chi connectivity index (χ1v) is 6.53. The van der Waals surface area contributed by atoms with Crippen LogP contribution in [-0.2, 0) is 9.47 Å². The van der Waals surface area contributed by atoms with Crippen LogP contribution in [0.4, 0.5) is 11.4 Å². The summed E-state index contributed by atoms with van der Waals surface area (Å²) in [6, 6.07) is 5.17. The molecule has 1 aliphatic heterocycles. The van der Waals surface area contributed by atoms with Gasteiger partial charge in [-0.25, -0.2) is 4.79 Å². The van der Waals surface area contributed by atoms with Crippen molar-refractivity contribution in [2.45, 2.75) is 19.1 Å². The Bertz CT molecular complexity index is 492. The zero-order chi connectivity index (χ0) is 14.7. The third-order valence-electron chi connectivity index (χ3n) is 3.47. The minimum atomic E-state index is -0.397. The van der Waals surface area contributed by atoms with E-state index in [0.717, 1.165) is 5.69 Å². The van der Waals surface area contributed by atoms with Crippen LogP contribution < -0.4 is 10.6 Å². The molecule has 0 saturated carbocycles. The number of benzene rings is 1. The molecule has 0 spiro atoms. The van der Waals surface area contributed by atoms with E-state index in [1.807, 2.05) is 11.8 Å². The highest BCUT2D eigenvalue weighted by molar-refractivity contribution is 5.92. The first-order chi connectivity index (χ1) is 9.56. The van der Waals surface area contributed by atoms with Gasteiger partial charge in [-0.3, -0.25) is 0 Å². The summed E-state index contributed by atoms with van der Waals surface area (Å²) in [5.41, 5.74) is 7.82. The number of hydrogen-bond acceptors (Lipinski definition) is 6. The summed E-state index contributed by atoms with van der Waals surface area (Å²) < 4.78 is 10.2. The van der Waals surface area contributed by atoms with Gasteiger partial charge in [0.05, 0.1) is 43.4 Å². The summed E-state index contributed by atoms with van der Waals surface area (Å²) in [6.07, 6.45) is -0.243. The number of ether oxygens (including phenoxy) is 2. The lowest BCUT2D eigenvalue weighted by Gasteiger charge is -2.39. The van der Waals surface area contributed by atoms with Crippen molar-refractivity contribution in [2.75, 3.05) is 37.5 Å². The summed E-state index contributed by atoms with van der Waals surface area (Å²) in [4.78, 5) is 13.7. The minimum Gasteiger partial charge on any atom is -0.465 e. The third kappa shape index (κ3) is 2.86. The Balaban J connectivity index is 2.32. The number of carbonyl (C=O) groups excluding carboxylic acids is 1. The van der Waals surface area contributed by atoms with Crippen molar-refractivity contribution < 1.29 is 19.4 Å². The Hall–Kier alpha value is -1.79. The van der Waals surface area contributed by atoms with E-state index in [-0.39, 0.29) is 18.8 Å². The maximum atomic E-state index is 11.6. The van der Waals surface area contributed by atoms with Crippen LogP contribution in [0.15, 0.2) is 18.2 Å². The Labute approximate surface area is 118 Å². The first kappa shape index (κ1) is 14.6. The summed E-state index contributed by atoms with van der Waals surface area (Å²) in [5.74, 6) is -0.397. The van der Waals surface area contributed by atoms with Crippen molar-refractivity contribution in [3.8, 4) is 0 Å². The molecule has 1 heterocycles. The second-order valence-corrected chi connectivity index (χ2v) is 4.90. The number of carbonyl (C=O) groups is 1. The van der Waals surface area contributed by atoms with Crippen molar-refractivity contribution in [1.29, 1.82) is 0 Å². The number of nitrogen functional groups attached to an aromatic ring is 1. The van der Waals surface area contributed by atoms with Crippen molar-refractivity contribution >= 4 is 17.3 Å². The number of hydrogen-bond donors (Lipinski definition) is 2. The van der Waals surface area contributed by atoms with E-state index >= 15 is 0 Å². The number of methoxy groups -OCH3 is 1. The molecule has 1 saturated heterocycles. The molecule has 1 aromatic rings. The Kier molecular flexibility index (Phi) is 4.46. The highest BCUT2D eigenvalue weighted by atomic mass is 16.5. The second kappa shape index (κ2) is 6.11. The molecule has 0 amide bonds. The number of morpholine rings is 1. The molecule has 110 valence electrons. The molecule has 6 nitrogen and oxygen atoms in total. The van der Waals surface area contributed by atoms with E-state index in [4.69, 9.17) is 15.2 Å². The van der Waals surface area contributed by atoms with Gasteiger partial charge >= 0.3 is 5.97 Å². The lowest BCUT2D eigenvalue weighted by Crippen LogP contribution is -2.49. The minimum absolute atomic E-state index is 0.0418. The number of anilines is 2. The number of esters is 1. The maximum Gasteiger partial charge on any atom is 0.337 e. The van der Waals surface area contributed by atoms with Crippen LogP contribution in [0, 0.1) is 0 Å². The summed E-state index contributed by atoms with van der Waals surface area (Å²) >= 11 is 0. The first-order valence-electron chi connectivity index (χ1n) is 6.53. The van der Waals surface area contributed by atoms with Crippen LogP contribution in [0.3, 0.4) is 0 Å². The van der Waals surface area contributed by atoms with E-state index in [0.29, 0.717) is 24.4 Å². The van der Waals surface area contributed by atoms with Gasteiger partial charge in [0, 0.05) is 12.6 Å². The zero-order valence-corrected chi connectivity index (χ0v) is 11.7. The molecular weight excluding hydrogens is 260 g/mol. The van der Waals surface area contributed by atoms with Gasteiger partial charge in [0.2, 0.25) is 0 Å². The van der Waals surface area contributed by atoms with Crippen molar-refractivity contribution in [1.82, 2.24) is 0 Å². The fraction of sp³-hybridized carbons (Fsp3) is 0.500. The fourth-order valence-electron chi connectivity index (χ4n) is 2.30. The smallest absolute Gasteiger partial charge is 0.337 e. The number of nitrogens with zero attached hydrogens (tertiary/aromatic N) is 1. The fourth-order valence-corrected chi connectivity index (χ4v) is 2.30. The van der Waals surface area contributed by atoms with Gasteiger partial charge in [0.1, 0.15) is 0 Å². The molecule has 0 aliphatic carbocycles. The lowest BCUT2D eigenvalue weighted by molar-refractivity contribution is -0.0102. The van der Waals surface area contributed by atoms with E-state index < -0.39 is 5.97 Å². The van der Waals surface area contributed by atoms with Crippen molar-refractivity contribution in [3.63, 3.8) is 0 Å². The number of aliphatic hydroxyl groups excluding tert-OH is 1. The number of nitrogens with two attached hydrogens (primary N) is 1. The topological polar surface area (TPSA) is 85.0 Å². The summed E-state index contributed by atoms with van der Waals surface area (Å²) in [5, 5.41) is 9.24. The molecule has 0 radical (unpaired) electrons. The van der Waals surface area contributed by atoms with Crippen LogP contribution in [0.5, 0.6) is 0 Å². The van der Waals surface area contributed by atoms with Crippen LogP contribution >= 0.6 is 0 Å². The van der Waals surface area contributed by atoms with Gasteiger partial charge in [-0.15, -0.1) is 0 Å². The predicted octanol–water partition coefficient (Wildman–Crippen LogP) is 0.641. The Morgan fingerprint density at radius 2 is 2.35 bits per heavy atom. The van der Waals surface area contributed by atoms with E-state index in [1.165, 1.54) is 7.11 Å². The number of rotatable bonds is 3. The molecule has 1 aliphatic rings. The molecule has 1 fully saturated rings. The molecule has 0 bridgehead atoms. The van der Waals surface area contributed by atoms with E-state index in [2.05, 4.69) is 0 Å². The van der Waals surface area contributed by atoms with Crippen molar-refractivity contribution in [2.24, 2.45) is 0 Å². The van der Waals surface area contributed by atoms with Crippen molar-refractivity contribution in [3.05, 3.63) is 23.8 Å². The van der Waals surface area contributed by atoms with Gasteiger partial charge in [0.25, 0.3) is 0 Å². The highest BCUT2D eigenvalue weighted by Gasteiger charge is 2.27. The van der Waals surface area contributed by atoms with E-state index in [1.54, 1.807) is 18.2 Å². The maximum absolute atomic E-state index is 11.6. The second-order valence-electron chi connectivity index (χ2n) is 4.90. The number of aliphatic hydroxyl groups is 1. The molecule has 2 atom stereocenters. The molecule has 3 N–H and O–H groups in total. The zero-order valence-electron chi connectivity index (χ0n) is 11.7. The largest absolute Gasteiger partial charge is 0.465 e. The Morgan fingerprint density at radius 1 is 1.60 bits per heavy atom. The van der Waals surface area contributed by atoms with E-state index in [9.17, 15) is 9.90 Å².